The molecule has 0 aliphatic carbocycles. The standard InChI is InChI=1S/C10H16F2N2O3/c11-9(12)10(17)14-3-1-2-7(6-14)4-13-5-8(15)16/h7,9,13H,1-6H2,(H,15,16). The summed E-state index contributed by atoms with van der Waals surface area (Å²) in [6.45, 7) is 0.910. The summed E-state index contributed by atoms with van der Waals surface area (Å²) in [5, 5.41) is 11.1. The number of carboxylic acids is 1. The van der Waals surface area contributed by atoms with Crippen LogP contribution < -0.4 is 5.32 Å². The molecular weight excluding hydrogens is 234 g/mol. The maximum absolute atomic E-state index is 12.2. The van der Waals surface area contributed by atoms with E-state index in [2.05, 4.69) is 5.32 Å². The third-order valence-corrected chi connectivity index (χ3v) is 2.73. The first kappa shape index (κ1) is 13.8. The third kappa shape index (κ3) is 4.64. The second-order valence-corrected chi connectivity index (χ2v) is 4.12. The normalized spacial score (nSPS) is 20.6. The van der Waals surface area contributed by atoms with E-state index in [0.29, 0.717) is 19.5 Å². The predicted molar refractivity (Wildman–Crippen MR) is 55.8 cm³/mol. The van der Waals surface area contributed by atoms with Gasteiger partial charge in [-0.2, -0.15) is 8.78 Å². The number of likely N-dealkylation sites (tertiary alicyclic amines) is 1. The monoisotopic (exact) mass is 250 g/mol. The Morgan fingerprint density at radius 3 is 2.76 bits per heavy atom. The molecule has 0 aromatic carbocycles. The Morgan fingerprint density at radius 2 is 2.18 bits per heavy atom. The Hall–Kier alpha value is -1.24. The van der Waals surface area contributed by atoms with E-state index in [1.807, 2.05) is 0 Å². The molecule has 0 bridgehead atoms. The number of piperidine rings is 1. The summed E-state index contributed by atoms with van der Waals surface area (Å²) >= 11 is 0. The fourth-order valence-corrected chi connectivity index (χ4v) is 1.95. The molecule has 0 saturated carbocycles. The average molecular weight is 250 g/mol. The molecule has 1 saturated heterocycles. The van der Waals surface area contributed by atoms with Gasteiger partial charge in [-0.1, -0.05) is 0 Å². The van der Waals surface area contributed by atoms with Gasteiger partial charge in [0, 0.05) is 19.6 Å². The number of rotatable bonds is 5. The Kier molecular flexibility index (Phi) is 5.27. The van der Waals surface area contributed by atoms with E-state index < -0.39 is 18.3 Å². The Morgan fingerprint density at radius 1 is 1.47 bits per heavy atom. The highest BCUT2D eigenvalue weighted by molar-refractivity contribution is 5.79. The number of aliphatic carboxylic acids is 1. The van der Waals surface area contributed by atoms with E-state index >= 15 is 0 Å². The number of hydrogen-bond donors (Lipinski definition) is 2. The van der Waals surface area contributed by atoms with E-state index in [1.165, 1.54) is 0 Å². The molecular formula is C10H16F2N2O3. The molecule has 5 nitrogen and oxygen atoms in total. The number of carboxylic acid groups (broad SMARTS) is 1. The number of carbonyl (C=O) groups excluding carboxylic acids is 1. The van der Waals surface area contributed by atoms with Crippen LogP contribution in [0.2, 0.25) is 0 Å². The lowest BCUT2D eigenvalue weighted by atomic mass is 9.98. The molecule has 1 atom stereocenters. The number of hydrogen-bond acceptors (Lipinski definition) is 3. The molecule has 0 aromatic rings. The molecule has 1 heterocycles. The SMILES string of the molecule is O=C(O)CNCC1CCCN(C(=O)C(F)F)C1. The van der Waals surface area contributed by atoms with Crippen molar-refractivity contribution < 1.29 is 23.5 Å². The highest BCUT2D eigenvalue weighted by Gasteiger charge is 2.28. The van der Waals surface area contributed by atoms with Crippen molar-refractivity contribution in [1.29, 1.82) is 0 Å². The number of halogens is 2. The van der Waals surface area contributed by atoms with Crippen molar-refractivity contribution in [1.82, 2.24) is 10.2 Å². The van der Waals surface area contributed by atoms with Gasteiger partial charge >= 0.3 is 12.4 Å². The van der Waals surface area contributed by atoms with Crippen molar-refractivity contribution >= 4 is 11.9 Å². The second-order valence-electron chi connectivity index (χ2n) is 4.12. The number of nitrogens with one attached hydrogen (secondary N) is 1. The maximum atomic E-state index is 12.2. The zero-order chi connectivity index (χ0) is 12.8. The van der Waals surface area contributed by atoms with Crippen LogP contribution in [0.25, 0.3) is 0 Å². The van der Waals surface area contributed by atoms with Crippen LogP contribution in [0.1, 0.15) is 12.8 Å². The lowest BCUT2D eigenvalue weighted by Crippen LogP contribution is -2.45. The minimum Gasteiger partial charge on any atom is -0.480 e. The predicted octanol–water partition coefficient (Wildman–Crippen LogP) is 0.164. The van der Waals surface area contributed by atoms with Crippen LogP contribution in [0.4, 0.5) is 8.78 Å². The Labute approximate surface area is 97.8 Å². The number of nitrogens with zero attached hydrogens (tertiary/aromatic N) is 1. The van der Waals surface area contributed by atoms with Crippen molar-refractivity contribution in [2.24, 2.45) is 5.92 Å². The summed E-state index contributed by atoms with van der Waals surface area (Å²) in [4.78, 5) is 22.5. The summed E-state index contributed by atoms with van der Waals surface area (Å²) < 4.78 is 24.4. The molecule has 0 spiro atoms. The van der Waals surface area contributed by atoms with Gasteiger partial charge in [0.1, 0.15) is 0 Å². The van der Waals surface area contributed by atoms with Crippen LogP contribution in [0.5, 0.6) is 0 Å². The fraction of sp³-hybridized carbons (Fsp3) is 0.800. The smallest absolute Gasteiger partial charge is 0.317 e. The van der Waals surface area contributed by atoms with E-state index in [4.69, 9.17) is 5.11 Å². The Bertz CT molecular complexity index is 287. The van der Waals surface area contributed by atoms with Crippen molar-refractivity contribution in [2.45, 2.75) is 19.3 Å². The van der Waals surface area contributed by atoms with Crippen molar-refractivity contribution in [3.8, 4) is 0 Å². The van der Waals surface area contributed by atoms with Crippen molar-refractivity contribution in [2.75, 3.05) is 26.2 Å². The van der Waals surface area contributed by atoms with Gasteiger partial charge in [-0.25, -0.2) is 0 Å². The lowest BCUT2D eigenvalue weighted by Gasteiger charge is -2.32. The summed E-state index contributed by atoms with van der Waals surface area (Å²) in [6, 6.07) is 0. The van der Waals surface area contributed by atoms with Crippen molar-refractivity contribution in [3.63, 3.8) is 0 Å². The van der Waals surface area contributed by atoms with Gasteiger partial charge in [0.2, 0.25) is 0 Å². The fourth-order valence-electron chi connectivity index (χ4n) is 1.95. The molecule has 2 N–H and O–H groups in total. The second kappa shape index (κ2) is 6.48. The van der Waals surface area contributed by atoms with Gasteiger partial charge in [-0.05, 0) is 18.8 Å². The summed E-state index contributed by atoms with van der Waals surface area (Å²) in [5.74, 6) is -2.04. The molecule has 98 valence electrons. The zero-order valence-electron chi connectivity index (χ0n) is 9.36. The number of alkyl halides is 2. The molecule has 1 rings (SSSR count). The highest BCUT2D eigenvalue weighted by Crippen LogP contribution is 2.17. The van der Waals surface area contributed by atoms with E-state index in [0.717, 1.165) is 11.3 Å². The van der Waals surface area contributed by atoms with E-state index in [1.54, 1.807) is 0 Å². The molecule has 1 aliphatic rings. The Balaban J connectivity index is 2.33. The molecule has 0 radical (unpaired) electrons. The molecule has 1 unspecified atom stereocenters. The minimum atomic E-state index is -2.96. The van der Waals surface area contributed by atoms with Crippen LogP contribution >= 0.6 is 0 Å². The number of carbonyl (C=O) groups is 2. The first-order valence-corrected chi connectivity index (χ1v) is 5.50. The van der Waals surface area contributed by atoms with Gasteiger partial charge in [0.05, 0.1) is 6.54 Å². The summed E-state index contributed by atoms with van der Waals surface area (Å²) in [7, 11) is 0. The third-order valence-electron chi connectivity index (χ3n) is 2.73. The molecule has 1 fully saturated rings. The molecule has 7 heteroatoms. The lowest BCUT2D eigenvalue weighted by molar-refractivity contribution is -0.144. The number of amides is 1. The first-order chi connectivity index (χ1) is 8.00. The van der Waals surface area contributed by atoms with Crippen LogP contribution in [0.3, 0.4) is 0 Å². The van der Waals surface area contributed by atoms with Gasteiger partial charge in [0.25, 0.3) is 5.91 Å². The zero-order valence-corrected chi connectivity index (χ0v) is 9.36. The summed E-state index contributed by atoms with van der Waals surface area (Å²) in [6.07, 6.45) is -1.46. The molecule has 0 aromatic heterocycles. The van der Waals surface area contributed by atoms with E-state index in [9.17, 15) is 18.4 Å². The van der Waals surface area contributed by atoms with Gasteiger partial charge in [-0.3, -0.25) is 9.59 Å². The van der Waals surface area contributed by atoms with Crippen LogP contribution in [-0.2, 0) is 9.59 Å². The highest BCUT2D eigenvalue weighted by atomic mass is 19.3. The van der Waals surface area contributed by atoms with Gasteiger partial charge in [0.15, 0.2) is 0 Å². The van der Waals surface area contributed by atoms with Crippen LogP contribution in [0.15, 0.2) is 0 Å². The molecule has 1 aliphatic heterocycles. The van der Waals surface area contributed by atoms with Gasteiger partial charge < -0.3 is 15.3 Å². The maximum Gasteiger partial charge on any atom is 0.317 e. The van der Waals surface area contributed by atoms with Gasteiger partial charge in [-0.15, -0.1) is 0 Å². The minimum absolute atomic E-state index is 0.0470. The van der Waals surface area contributed by atoms with E-state index in [-0.39, 0.29) is 19.0 Å². The average Bonchev–Trinajstić information content (AvgIpc) is 2.28. The molecule has 17 heavy (non-hydrogen) atoms. The topological polar surface area (TPSA) is 69.6 Å². The van der Waals surface area contributed by atoms with Crippen molar-refractivity contribution in [3.05, 3.63) is 0 Å². The largest absolute Gasteiger partial charge is 0.480 e. The summed E-state index contributed by atoms with van der Waals surface area (Å²) in [5.41, 5.74) is 0. The van der Waals surface area contributed by atoms with Crippen LogP contribution in [0, 0.1) is 5.92 Å². The first-order valence-electron chi connectivity index (χ1n) is 5.50. The molecule has 1 amide bonds. The quantitative estimate of drug-likeness (QED) is 0.729. The van der Waals surface area contributed by atoms with Crippen LogP contribution in [-0.4, -0.2) is 54.5 Å².